The zero-order chi connectivity index (χ0) is 27.8. The molecule has 0 aliphatic carbocycles. The van der Waals surface area contributed by atoms with Gasteiger partial charge in [-0.3, -0.25) is 9.59 Å². The van der Waals surface area contributed by atoms with Crippen LogP contribution in [-0.2, 0) is 15.2 Å². The van der Waals surface area contributed by atoms with Gasteiger partial charge in [-0.15, -0.1) is 0 Å². The first-order valence-corrected chi connectivity index (χ1v) is 10.8. The van der Waals surface area contributed by atoms with Crippen molar-refractivity contribution in [2.75, 3.05) is 13.1 Å². The van der Waals surface area contributed by atoms with Crippen LogP contribution in [0.25, 0.3) is 0 Å². The summed E-state index contributed by atoms with van der Waals surface area (Å²) in [5.41, 5.74) is -3.44. The van der Waals surface area contributed by atoms with Gasteiger partial charge in [0, 0.05) is 27.6 Å². The maximum absolute atomic E-state index is 14.2. The quantitative estimate of drug-likeness (QED) is 0.473. The summed E-state index contributed by atoms with van der Waals surface area (Å²) in [6.45, 7) is -0.971. The van der Waals surface area contributed by atoms with Gasteiger partial charge in [0.05, 0.1) is 13.6 Å². The highest BCUT2D eigenvalue weighted by molar-refractivity contribution is 6.34. The highest BCUT2D eigenvalue weighted by Gasteiger charge is 2.62. The molecule has 14 heteroatoms. The molecule has 2 aromatic carbocycles. The molecule has 2 N–H and O–H groups in total. The number of benzene rings is 2. The second-order valence-electron chi connectivity index (χ2n) is 7.81. The summed E-state index contributed by atoms with van der Waals surface area (Å²) in [6, 6.07) is 5.34. The number of alkyl halides is 6. The van der Waals surface area contributed by atoms with Crippen molar-refractivity contribution in [3.63, 3.8) is 0 Å². The fraction of sp³-hybridized carbons (Fsp3) is 0.318. The molecule has 1 heterocycles. The molecule has 0 saturated heterocycles. The van der Waals surface area contributed by atoms with E-state index in [1.807, 2.05) is 0 Å². The second-order valence-corrected chi connectivity index (χ2v) is 8.68. The molecule has 1 aliphatic rings. The van der Waals surface area contributed by atoms with Gasteiger partial charge in [-0.1, -0.05) is 34.4 Å². The van der Waals surface area contributed by atoms with Gasteiger partial charge in [0.2, 0.25) is 5.91 Å². The van der Waals surface area contributed by atoms with Gasteiger partial charge in [-0.2, -0.15) is 26.3 Å². The van der Waals surface area contributed by atoms with Gasteiger partial charge < -0.3 is 15.5 Å². The number of nitrogens with zero attached hydrogens (tertiary/aromatic N) is 1. The van der Waals surface area contributed by atoms with Crippen molar-refractivity contribution in [2.45, 2.75) is 31.3 Å². The topological polar surface area (TPSA) is 79.8 Å². The molecule has 3 rings (SSSR count). The molecule has 2 amide bonds. The molecule has 1 aliphatic heterocycles. The van der Waals surface area contributed by atoms with Crippen LogP contribution in [0.5, 0.6) is 0 Å². The maximum atomic E-state index is 14.2. The van der Waals surface area contributed by atoms with E-state index in [2.05, 4.69) is 10.5 Å². The highest BCUT2D eigenvalue weighted by Crippen LogP contribution is 2.49. The fourth-order valence-electron chi connectivity index (χ4n) is 3.38. The van der Waals surface area contributed by atoms with Crippen molar-refractivity contribution in [2.24, 2.45) is 5.16 Å². The maximum Gasteiger partial charge on any atom is 0.435 e. The van der Waals surface area contributed by atoms with E-state index in [-0.39, 0.29) is 38.0 Å². The van der Waals surface area contributed by atoms with Crippen LogP contribution in [0.15, 0.2) is 41.5 Å². The Labute approximate surface area is 212 Å². The van der Waals surface area contributed by atoms with Gasteiger partial charge in [-0.25, -0.2) is 0 Å². The Morgan fingerprint density at radius 2 is 1.75 bits per heavy atom. The predicted molar refractivity (Wildman–Crippen MR) is 119 cm³/mol. The average molecular weight is 558 g/mol. The van der Waals surface area contributed by atoms with E-state index in [0.717, 1.165) is 18.2 Å². The Bertz CT molecular complexity index is 1230. The Morgan fingerprint density at radius 1 is 1.11 bits per heavy atom. The van der Waals surface area contributed by atoms with Crippen molar-refractivity contribution in [3.8, 4) is 0 Å². The van der Waals surface area contributed by atoms with Gasteiger partial charge in [0.25, 0.3) is 11.5 Å². The normalized spacial score (nSPS) is 18.2. The summed E-state index contributed by atoms with van der Waals surface area (Å²) < 4.78 is 87.3. The molecule has 0 aromatic heterocycles. The predicted octanol–water partition coefficient (Wildman–Crippen LogP) is 5.29. The molecule has 0 bridgehead atoms. The average Bonchev–Trinajstić information content (AvgIpc) is 3.22. The first-order chi connectivity index (χ1) is 17.0. The number of nitrogens with one attached hydrogen (secondary N) is 2. The van der Waals surface area contributed by atoms with Crippen LogP contribution in [0, 0.1) is 6.92 Å². The van der Waals surface area contributed by atoms with E-state index in [1.165, 1.54) is 19.1 Å². The molecule has 0 saturated carbocycles. The lowest BCUT2D eigenvalue weighted by Crippen LogP contribution is -2.42. The van der Waals surface area contributed by atoms with E-state index in [0.29, 0.717) is 0 Å². The molecule has 1 unspecified atom stereocenters. The number of hydrogen-bond donors (Lipinski definition) is 2. The SMILES string of the molecule is [3H]c1cc(C2=NOC(c3cc(Cl)cc(Cl)c3)(C(F)(F)F)C2)cc(C)c1C(=O)NCC(=O)NCC(F)(F)F. The Kier molecular flexibility index (Phi) is 7.37. The minimum Gasteiger partial charge on any atom is -0.374 e. The molecule has 1 atom stereocenters. The van der Waals surface area contributed by atoms with Crippen LogP contribution in [0.4, 0.5) is 26.3 Å². The number of hydrogen-bond acceptors (Lipinski definition) is 4. The van der Waals surface area contributed by atoms with Crippen molar-refractivity contribution >= 4 is 40.7 Å². The summed E-state index contributed by atoms with van der Waals surface area (Å²) in [4.78, 5) is 28.9. The van der Waals surface area contributed by atoms with E-state index in [1.54, 1.807) is 5.32 Å². The first-order valence-electron chi connectivity index (χ1n) is 10.5. The summed E-state index contributed by atoms with van der Waals surface area (Å²) in [5.74, 6) is -2.03. The van der Waals surface area contributed by atoms with E-state index in [9.17, 15) is 35.9 Å². The summed E-state index contributed by atoms with van der Waals surface area (Å²) >= 11 is 11.8. The van der Waals surface area contributed by atoms with E-state index >= 15 is 0 Å². The Hall–Kier alpha value is -2.99. The zero-order valence-electron chi connectivity index (χ0n) is 19.2. The Morgan fingerprint density at radius 3 is 2.31 bits per heavy atom. The van der Waals surface area contributed by atoms with Crippen LogP contribution in [0.1, 0.15) is 34.8 Å². The molecule has 0 spiro atoms. The number of amides is 2. The number of oxime groups is 1. The number of aryl methyl sites for hydroxylation is 1. The molecule has 36 heavy (non-hydrogen) atoms. The summed E-state index contributed by atoms with van der Waals surface area (Å²) in [6.07, 6.45) is -10.3. The third kappa shape index (κ3) is 6.22. The minimum absolute atomic E-state index is 0.0464. The molecule has 2 aromatic rings. The van der Waals surface area contributed by atoms with Crippen molar-refractivity contribution in [1.82, 2.24) is 10.6 Å². The highest BCUT2D eigenvalue weighted by atomic mass is 35.5. The van der Waals surface area contributed by atoms with Crippen molar-refractivity contribution in [3.05, 3.63) is 68.7 Å². The molecule has 0 radical (unpaired) electrons. The van der Waals surface area contributed by atoms with Crippen molar-refractivity contribution < 1.29 is 42.1 Å². The lowest BCUT2D eigenvalue weighted by molar-refractivity contribution is -0.275. The second kappa shape index (κ2) is 10.2. The first kappa shape index (κ1) is 26.1. The van der Waals surface area contributed by atoms with Crippen molar-refractivity contribution in [1.29, 1.82) is 0 Å². The smallest absolute Gasteiger partial charge is 0.374 e. The lowest BCUT2D eigenvalue weighted by atomic mass is 9.86. The number of carbonyl (C=O) groups is 2. The molecular weight excluding hydrogens is 539 g/mol. The van der Waals surface area contributed by atoms with Gasteiger partial charge in [0.1, 0.15) is 6.54 Å². The summed E-state index contributed by atoms with van der Waals surface area (Å²) in [5, 5.41) is 7.19. The van der Waals surface area contributed by atoms with Gasteiger partial charge >= 0.3 is 12.4 Å². The third-order valence-electron chi connectivity index (χ3n) is 5.11. The van der Waals surface area contributed by atoms with Gasteiger partial charge in [0.15, 0.2) is 0 Å². The van der Waals surface area contributed by atoms with Gasteiger partial charge in [-0.05, 0) is 48.4 Å². The molecule has 0 fully saturated rings. The molecule has 6 nitrogen and oxygen atoms in total. The minimum atomic E-state index is -4.93. The Balaban J connectivity index is 1.81. The van der Waals surface area contributed by atoms with Crippen LogP contribution >= 0.6 is 23.2 Å². The largest absolute Gasteiger partial charge is 0.435 e. The van der Waals surface area contributed by atoms with Crippen LogP contribution < -0.4 is 10.6 Å². The standard InChI is InChI=1S/C22H17Cl2F6N3O3/c1-11-4-12(2-3-16(11)19(35)31-9-18(34)32-10-21(25,26)27)17-8-20(36-33-17,22(28,29)30)13-5-14(23)7-15(24)6-13/h2-7H,8-10H2,1H3,(H,31,35)(H,32,34)/i3T. The molecule has 194 valence electrons. The monoisotopic (exact) mass is 557 g/mol. The zero-order valence-corrected chi connectivity index (χ0v) is 19.7. The van der Waals surface area contributed by atoms with Crippen LogP contribution in [0.2, 0.25) is 10.0 Å². The fourth-order valence-corrected chi connectivity index (χ4v) is 3.90. The van der Waals surface area contributed by atoms with E-state index < -0.39 is 55.3 Å². The summed E-state index contributed by atoms with van der Waals surface area (Å²) in [7, 11) is 0. The van der Waals surface area contributed by atoms with Crippen LogP contribution in [0.3, 0.4) is 0 Å². The molecular formula is C22H17Cl2F6N3O3. The van der Waals surface area contributed by atoms with E-state index in [4.69, 9.17) is 29.4 Å². The van der Waals surface area contributed by atoms with Crippen LogP contribution in [-0.4, -0.2) is 43.0 Å². The number of rotatable bonds is 6. The number of carbonyl (C=O) groups excluding carboxylic acids is 2. The third-order valence-corrected chi connectivity index (χ3v) is 5.55. The lowest BCUT2D eigenvalue weighted by Gasteiger charge is -2.29. The number of halogens is 8.